The van der Waals surface area contributed by atoms with E-state index in [0.29, 0.717) is 17.0 Å². The number of aromatic hydroxyl groups is 1. The van der Waals surface area contributed by atoms with Gasteiger partial charge in [0.05, 0.1) is 28.7 Å². The van der Waals surface area contributed by atoms with Crippen molar-refractivity contribution in [1.29, 1.82) is 0 Å². The molecule has 0 aliphatic rings. The first-order chi connectivity index (χ1) is 11.8. The predicted octanol–water partition coefficient (Wildman–Crippen LogP) is 3.05. The van der Waals surface area contributed by atoms with E-state index in [-0.39, 0.29) is 11.4 Å². The van der Waals surface area contributed by atoms with Gasteiger partial charge in [0.25, 0.3) is 5.69 Å². The van der Waals surface area contributed by atoms with Crippen LogP contribution in [0.4, 0.5) is 17.1 Å². The van der Waals surface area contributed by atoms with Gasteiger partial charge in [0.15, 0.2) is 0 Å². The number of phenolic OH excluding ortho intramolecular Hbond substituents is 1. The zero-order chi connectivity index (χ0) is 18.6. The van der Waals surface area contributed by atoms with Crippen LogP contribution in [0, 0.1) is 20.2 Å². The van der Waals surface area contributed by atoms with Crippen molar-refractivity contribution in [1.82, 2.24) is 0 Å². The normalized spacial score (nSPS) is 11.0. The molecule has 2 aromatic carbocycles. The minimum atomic E-state index is -0.747. The first-order valence-electron chi connectivity index (χ1n) is 6.94. The second kappa shape index (κ2) is 7.25. The Bertz CT molecular complexity index is 865. The molecule has 0 saturated heterocycles. The van der Waals surface area contributed by atoms with Gasteiger partial charge in [-0.2, -0.15) is 5.10 Å². The minimum Gasteiger partial charge on any atom is -0.507 e. The summed E-state index contributed by atoms with van der Waals surface area (Å²) in [6.07, 6.45) is 0. The molecule has 10 nitrogen and oxygen atoms in total. The van der Waals surface area contributed by atoms with Gasteiger partial charge in [0.1, 0.15) is 17.2 Å². The van der Waals surface area contributed by atoms with Crippen LogP contribution in [-0.4, -0.2) is 27.8 Å². The summed E-state index contributed by atoms with van der Waals surface area (Å²) in [6.45, 7) is 1.58. The van der Waals surface area contributed by atoms with Gasteiger partial charge >= 0.3 is 5.69 Å². The lowest BCUT2D eigenvalue weighted by Gasteiger charge is -2.08. The van der Waals surface area contributed by atoms with Crippen molar-refractivity contribution in [2.24, 2.45) is 5.10 Å². The number of benzene rings is 2. The molecule has 0 aliphatic heterocycles. The number of anilines is 1. The Balaban J connectivity index is 2.35. The molecule has 2 rings (SSSR count). The fraction of sp³-hybridized carbons (Fsp3) is 0.133. The second-order valence-electron chi connectivity index (χ2n) is 4.91. The van der Waals surface area contributed by atoms with Crippen molar-refractivity contribution in [3.8, 4) is 11.5 Å². The zero-order valence-corrected chi connectivity index (χ0v) is 13.3. The number of non-ortho nitro benzene ring substituents is 1. The SMILES string of the molecule is COc1ccc(O)c(/C(C)=N/Nc2ccc([N+](=O)[O-])cc2[N+](=O)[O-])c1. The Morgan fingerprint density at radius 1 is 1.16 bits per heavy atom. The lowest BCUT2D eigenvalue weighted by Crippen LogP contribution is -2.03. The van der Waals surface area contributed by atoms with Gasteiger partial charge in [-0.05, 0) is 31.2 Å². The maximum absolute atomic E-state index is 11.1. The van der Waals surface area contributed by atoms with E-state index < -0.39 is 21.2 Å². The largest absolute Gasteiger partial charge is 0.507 e. The summed E-state index contributed by atoms with van der Waals surface area (Å²) < 4.78 is 5.07. The summed E-state index contributed by atoms with van der Waals surface area (Å²) in [5.41, 5.74) is 2.30. The Kier molecular flexibility index (Phi) is 5.12. The molecule has 2 aromatic rings. The quantitative estimate of drug-likeness (QED) is 0.465. The standard InChI is InChI=1S/C15H14N4O6/c1-9(12-8-11(25-2)4-6-15(12)20)16-17-13-5-3-10(18(21)22)7-14(13)19(23)24/h3-8,17,20H,1-2H3/b16-9+. The smallest absolute Gasteiger partial charge is 0.301 e. The van der Waals surface area contributed by atoms with Crippen LogP contribution in [0.2, 0.25) is 0 Å². The number of hydrazone groups is 1. The molecule has 10 heteroatoms. The van der Waals surface area contributed by atoms with Gasteiger partial charge in [0.2, 0.25) is 0 Å². The van der Waals surface area contributed by atoms with E-state index in [1.165, 1.54) is 19.2 Å². The number of nitro benzene ring substituents is 2. The number of ether oxygens (including phenoxy) is 1. The van der Waals surface area contributed by atoms with Crippen LogP contribution in [0.1, 0.15) is 12.5 Å². The highest BCUT2D eigenvalue weighted by molar-refractivity contribution is 6.01. The summed E-state index contributed by atoms with van der Waals surface area (Å²) in [5, 5.41) is 35.7. The van der Waals surface area contributed by atoms with Crippen molar-refractivity contribution in [3.05, 3.63) is 62.2 Å². The third kappa shape index (κ3) is 3.99. The van der Waals surface area contributed by atoms with Crippen LogP contribution in [-0.2, 0) is 0 Å². The number of hydrogen-bond acceptors (Lipinski definition) is 8. The Morgan fingerprint density at radius 2 is 1.88 bits per heavy atom. The van der Waals surface area contributed by atoms with Crippen molar-refractivity contribution in [2.45, 2.75) is 6.92 Å². The number of methoxy groups -OCH3 is 1. The maximum Gasteiger partial charge on any atom is 0.301 e. The van der Waals surface area contributed by atoms with Crippen molar-refractivity contribution in [2.75, 3.05) is 12.5 Å². The van der Waals surface area contributed by atoms with Crippen LogP contribution in [0.5, 0.6) is 11.5 Å². The summed E-state index contributed by atoms with van der Waals surface area (Å²) >= 11 is 0. The minimum absolute atomic E-state index is 0.0164. The van der Waals surface area contributed by atoms with E-state index in [1.807, 2.05) is 0 Å². The molecule has 130 valence electrons. The maximum atomic E-state index is 11.1. The molecule has 0 bridgehead atoms. The van der Waals surface area contributed by atoms with Gasteiger partial charge in [0, 0.05) is 11.6 Å². The molecule has 2 N–H and O–H groups in total. The molecule has 0 amide bonds. The monoisotopic (exact) mass is 346 g/mol. The van der Waals surface area contributed by atoms with E-state index in [9.17, 15) is 25.3 Å². The molecule has 25 heavy (non-hydrogen) atoms. The van der Waals surface area contributed by atoms with Crippen LogP contribution in [0.15, 0.2) is 41.5 Å². The van der Waals surface area contributed by atoms with Crippen molar-refractivity contribution in [3.63, 3.8) is 0 Å². The molecule has 0 spiro atoms. The summed E-state index contributed by atoms with van der Waals surface area (Å²) in [6, 6.07) is 7.72. The van der Waals surface area contributed by atoms with Gasteiger partial charge in [-0.15, -0.1) is 0 Å². The number of phenols is 1. The molecule has 0 unspecified atom stereocenters. The molecule has 0 heterocycles. The Hall–Kier alpha value is -3.69. The lowest BCUT2D eigenvalue weighted by atomic mass is 10.1. The summed E-state index contributed by atoms with van der Waals surface area (Å²) in [4.78, 5) is 20.3. The number of rotatable bonds is 6. The second-order valence-corrected chi connectivity index (χ2v) is 4.91. The highest BCUT2D eigenvalue weighted by atomic mass is 16.6. The first kappa shape index (κ1) is 17.7. The van der Waals surface area contributed by atoms with Gasteiger partial charge < -0.3 is 9.84 Å². The highest BCUT2D eigenvalue weighted by Gasteiger charge is 2.19. The summed E-state index contributed by atoms with van der Waals surface area (Å²) in [7, 11) is 1.47. The number of hydrogen-bond donors (Lipinski definition) is 2. The van der Waals surface area contributed by atoms with E-state index in [2.05, 4.69) is 10.5 Å². The van der Waals surface area contributed by atoms with E-state index in [0.717, 1.165) is 12.1 Å². The number of nitro groups is 2. The number of nitrogens with zero attached hydrogens (tertiary/aromatic N) is 3. The van der Waals surface area contributed by atoms with Crippen LogP contribution >= 0.6 is 0 Å². The van der Waals surface area contributed by atoms with Crippen molar-refractivity contribution >= 4 is 22.8 Å². The molecule has 0 atom stereocenters. The molecule has 0 aliphatic carbocycles. The predicted molar refractivity (Wildman–Crippen MR) is 90.2 cm³/mol. The summed E-state index contributed by atoms with van der Waals surface area (Å²) in [5.74, 6) is 0.464. The van der Waals surface area contributed by atoms with E-state index in [1.54, 1.807) is 19.1 Å². The third-order valence-electron chi connectivity index (χ3n) is 3.33. The highest BCUT2D eigenvalue weighted by Crippen LogP contribution is 2.29. The lowest BCUT2D eigenvalue weighted by molar-refractivity contribution is -0.393. The van der Waals surface area contributed by atoms with Gasteiger partial charge in [-0.1, -0.05) is 0 Å². The molecular weight excluding hydrogens is 332 g/mol. The fourth-order valence-corrected chi connectivity index (χ4v) is 2.02. The van der Waals surface area contributed by atoms with Gasteiger partial charge in [-0.3, -0.25) is 25.7 Å². The topological polar surface area (TPSA) is 140 Å². The Morgan fingerprint density at radius 3 is 2.48 bits per heavy atom. The van der Waals surface area contributed by atoms with Gasteiger partial charge in [-0.25, -0.2) is 0 Å². The average Bonchev–Trinajstić information content (AvgIpc) is 2.59. The van der Waals surface area contributed by atoms with E-state index in [4.69, 9.17) is 4.74 Å². The number of nitrogens with one attached hydrogen (secondary N) is 1. The molecule has 0 saturated carbocycles. The molecule has 0 aromatic heterocycles. The van der Waals surface area contributed by atoms with Crippen LogP contribution < -0.4 is 10.2 Å². The van der Waals surface area contributed by atoms with E-state index >= 15 is 0 Å². The first-order valence-corrected chi connectivity index (χ1v) is 6.94. The Labute approximate surface area is 141 Å². The third-order valence-corrected chi connectivity index (χ3v) is 3.33. The molecule has 0 fully saturated rings. The van der Waals surface area contributed by atoms with Crippen molar-refractivity contribution < 1.29 is 19.7 Å². The molecule has 0 radical (unpaired) electrons. The van der Waals surface area contributed by atoms with Crippen LogP contribution in [0.25, 0.3) is 0 Å². The molecular formula is C15H14N4O6. The fourth-order valence-electron chi connectivity index (χ4n) is 2.02. The van der Waals surface area contributed by atoms with Crippen LogP contribution in [0.3, 0.4) is 0 Å². The average molecular weight is 346 g/mol. The zero-order valence-electron chi connectivity index (χ0n) is 13.3.